The van der Waals surface area contributed by atoms with Gasteiger partial charge in [-0.2, -0.15) is 0 Å². The molecule has 21 heavy (non-hydrogen) atoms. The third kappa shape index (κ3) is 4.01. The predicted molar refractivity (Wildman–Crippen MR) is 79.4 cm³/mol. The van der Waals surface area contributed by atoms with E-state index in [1.807, 2.05) is 0 Å². The summed E-state index contributed by atoms with van der Waals surface area (Å²) in [6, 6.07) is 8.26. The minimum absolute atomic E-state index is 0.128. The molecule has 1 amide bonds. The number of hydrogen-bond donors (Lipinski definition) is 1. The molecule has 0 saturated carbocycles. The zero-order valence-electron chi connectivity index (χ0n) is 11.1. The molecular formula is C15H12BrF2NO2. The van der Waals surface area contributed by atoms with E-state index in [-0.39, 0.29) is 12.0 Å². The minimum Gasteiger partial charge on any atom is -0.495 e. The summed E-state index contributed by atoms with van der Waals surface area (Å²) in [5, 5.41) is 2.64. The number of halogens is 3. The highest BCUT2D eigenvalue weighted by molar-refractivity contribution is 9.10. The molecule has 2 aromatic carbocycles. The van der Waals surface area contributed by atoms with E-state index in [2.05, 4.69) is 21.2 Å². The van der Waals surface area contributed by atoms with Gasteiger partial charge in [-0.3, -0.25) is 4.79 Å². The molecule has 0 aromatic heterocycles. The van der Waals surface area contributed by atoms with E-state index in [1.165, 1.54) is 13.2 Å². The zero-order chi connectivity index (χ0) is 15.4. The van der Waals surface area contributed by atoms with Gasteiger partial charge in [-0.05, 0) is 29.8 Å². The van der Waals surface area contributed by atoms with Crippen LogP contribution in [0, 0.1) is 11.6 Å². The van der Waals surface area contributed by atoms with Crippen molar-refractivity contribution < 1.29 is 18.3 Å². The fourth-order valence-electron chi connectivity index (χ4n) is 1.81. The number of amides is 1. The molecule has 0 saturated heterocycles. The maximum Gasteiger partial charge on any atom is 0.229 e. The third-order valence-electron chi connectivity index (χ3n) is 2.80. The van der Waals surface area contributed by atoms with Gasteiger partial charge in [0.1, 0.15) is 17.4 Å². The van der Waals surface area contributed by atoms with Crippen molar-refractivity contribution in [3.05, 3.63) is 58.1 Å². The summed E-state index contributed by atoms with van der Waals surface area (Å²) < 4.78 is 32.2. The van der Waals surface area contributed by atoms with Crippen LogP contribution in [-0.4, -0.2) is 13.0 Å². The average molecular weight is 356 g/mol. The Balaban J connectivity index is 2.13. The summed E-state index contributed by atoms with van der Waals surface area (Å²) in [7, 11) is 1.48. The van der Waals surface area contributed by atoms with Crippen LogP contribution >= 0.6 is 15.9 Å². The van der Waals surface area contributed by atoms with Crippen LogP contribution in [0.4, 0.5) is 14.5 Å². The smallest absolute Gasteiger partial charge is 0.229 e. The van der Waals surface area contributed by atoms with Gasteiger partial charge < -0.3 is 10.1 Å². The van der Waals surface area contributed by atoms with Gasteiger partial charge in [0.15, 0.2) is 0 Å². The quantitative estimate of drug-likeness (QED) is 0.902. The topological polar surface area (TPSA) is 38.3 Å². The standard InChI is InChI=1S/C15H12BrF2NO2/c1-21-14-5-3-10(16)7-13(14)19-15(20)6-9-2-4-11(17)8-12(9)18/h2-5,7-8H,6H2,1H3,(H,19,20). The average Bonchev–Trinajstić information content (AvgIpc) is 2.42. The molecule has 0 aliphatic heterocycles. The second-order valence-electron chi connectivity index (χ2n) is 4.31. The van der Waals surface area contributed by atoms with Crippen LogP contribution in [0.2, 0.25) is 0 Å². The van der Waals surface area contributed by atoms with Crippen molar-refractivity contribution >= 4 is 27.5 Å². The molecule has 0 aliphatic carbocycles. The molecule has 0 spiro atoms. The number of carbonyl (C=O) groups excluding carboxylic acids is 1. The van der Waals surface area contributed by atoms with Crippen LogP contribution in [0.25, 0.3) is 0 Å². The van der Waals surface area contributed by atoms with E-state index in [0.29, 0.717) is 11.4 Å². The highest BCUT2D eigenvalue weighted by Crippen LogP contribution is 2.28. The minimum atomic E-state index is -0.744. The van der Waals surface area contributed by atoms with E-state index in [1.54, 1.807) is 18.2 Å². The lowest BCUT2D eigenvalue weighted by molar-refractivity contribution is -0.115. The lowest BCUT2D eigenvalue weighted by Gasteiger charge is -2.11. The Labute approximate surface area is 129 Å². The van der Waals surface area contributed by atoms with Gasteiger partial charge >= 0.3 is 0 Å². The van der Waals surface area contributed by atoms with E-state index in [4.69, 9.17) is 4.74 Å². The molecular weight excluding hydrogens is 344 g/mol. The van der Waals surface area contributed by atoms with Gasteiger partial charge in [0.25, 0.3) is 0 Å². The number of carbonyl (C=O) groups is 1. The number of nitrogens with one attached hydrogen (secondary N) is 1. The largest absolute Gasteiger partial charge is 0.495 e. The van der Waals surface area contributed by atoms with Gasteiger partial charge in [-0.15, -0.1) is 0 Å². The summed E-state index contributed by atoms with van der Waals surface area (Å²) in [4.78, 5) is 12.0. The van der Waals surface area contributed by atoms with Crippen LogP contribution in [0.15, 0.2) is 40.9 Å². The number of methoxy groups -OCH3 is 1. The van der Waals surface area contributed by atoms with Crippen molar-refractivity contribution in [1.82, 2.24) is 0 Å². The second kappa shape index (κ2) is 6.67. The fraction of sp³-hybridized carbons (Fsp3) is 0.133. The Morgan fingerprint density at radius 3 is 2.67 bits per heavy atom. The Bertz CT molecular complexity index is 677. The molecule has 0 bridgehead atoms. The number of ether oxygens (including phenoxy) is 1. The Morgan fingerprint density at radius 1 is 1.24 bits per heavy atom. The summed E-state index contributed by atoms with van der Waals surface area (Å²) >= 11 is 3.29. The number of benzene rings is 2. The fourth-order valence-corrected chi connectivity index (χ4v) is 2.17. The van der Waals surface area contributed by atoms with Crippen molar-refractivity contribution in [2.24, 2.45) is 0 Å². The van der Waals surface area contributed by atoms with Crippen LogP contribution in [0.5, 0.6) is 5.75 Å². The van der Waals surface area contributed by atoms with Crippen molar-refractivity contribution in [2.75, 3.05) is 12.4 Å². The van der Waals surface area contributed by atoms with Gasteiger partial charge in [0.05, 0.1) is 19.2 Å². The maximum atomic E-state index is 13.5. The Hall–Kier alpha value is -1.95. The van der Waals surface area contributed by atoms with Crippen molar-refractivity contribution in [1.29, 1.82) is 0 Å². The first-order valence-electron chi connectivity index (χ1n) is 6.07. The Morgan fingerprint density at radius 2 is 2.00 bits per heavy atom. The molecule has 6 heteroatoms. The van der Waals surface area contributed by atoms with E-state index in [0.717, 1.165) is 16.6 Å². The normalized spacial score (nSPS) is 10.3. The molecule has 0 fully saturated rings. The summed E-state index contributed by atoms with van der Waals surface area (Å²) in [6.07, 6.45) is -0.193. The SMILES string of the molecule is COc1ccc(Br)cc1NC(=O)Cc1ccc(F)cc1F. The molecule has 110 valence electrons. The predicted octanol–water partition coefficient (Wildman–Crippen LogP) is 3.92. The molecule has 0 atom stereocenters. The third-order valence-corrected chi connectivity index (χ3v) is 3.29. The number of hydrogen-bond acceptors (Lipinski definition) is 2. The molecule has 0 heterocycles. The molecule has 3 nitrogen and oxygen atoms in total. The van der Waals surface area contributed by atoms with E-state index >= 15 is 0 Å². The molecule has 1 N–H and O–H groups in total. The van der Waals surface area contributed by atoms with Crippen LogP contribution in [0.3, 0.4) is 0 Å². The lowest BCUT2D eigenvalue weighted by atomic mass is 10.1. The van der Waals surface area contributed by atoms with Crippen molar-refractivity contribution in [3.8, 4) is 5.75 Å². The lowest BCUT2D eigenvalue weighted by Crippen LogP contribution is -2.16. The molecule has 2 rings (SSSR count). The van der Waals surface area contributed by atoms with Gasteiger partial charge in [-0.25, -0.2) is 8.78 Å². The highest BCUT2D eigenvalue weighted by atomic mass is 79.9. The second-order valence-corrected chi connectivity index (χ2v) is 5.22. The van der Waals surface area contributed by atoms with Crippen LogP contribution in [-0.2, 0) is 11.2 Å². The van der Waals surface area contributed by atoms with Crippen LogP contribution in [0.1, 0.15) is 5.56 Å². The molecule has 2 aromatic rings. The van der Waals surface area contributed by atoms with E-state index in [9.17, 15) is 13.6 Å². The first-order valence-corrected chi connectivity index (χ1v) is 6.86. The van der Waals surface area contributed by atoms with Gasteiger partial charge in [0, 0.05) is 10.5 Å². The number of anilines is 1. The van der Waals surface area contributed by atoms with Crippen LogP contribution < -0.4 is 10.1 Å². The van der Waals surface area contributed by atoms with Gasteiger partial charge in [-0.1, -0.05) is 22.0 Å². The highest BCUT2D eigenvalue weighted by Gasteiger charge is 2.12. The zero-order valence-corrected chi connectivity index (χ0v) is 12.7. The summed E-state index contributed by atoms with van der Waals surface area (Å²) in [5.41, 5.74) is 0.599. The summed E-state index contributed by atoms with van der Waals surface area (Å²) in [6.45, 7) is 0. The first kappa shape index (κ1) is 15.4. The maximum absolute atomic E-state index is 13.5. The molecule has 0 unspecified atom stereocenters. The monoisotopic (exact) mass is 355 g/mol. The molecule has 0 aliphatic rings. The number of rotatable bonds is 4. The first-order chi connectivity index (χ1) is 9.99. The van der Waals surface area contributed by atoms with Crippen molar-refractivity contribution in [3.63, 3.8) is 0 Å². The molecule has 0 radical (unpaired) electrons. The Kier molecular flexibility index (Phi) is 4.90. The van der Waals surface area contributed by atoms with Crippen molar-refractivity contribution in [2.45, 2.75) is 6.42 Å². The summed E-state index contributed by atoms with van der Waals surface area (Å²) in [5.74, 6) is -1.35. The van der Waals surface area contributed by atoms with Gasteiger partial charge in [0.2, 0.25) is 5.91 Å². The van der Waals surface area contributed by atoms with E-state index < -0.39 is 17.5 Å².